The number of nitrogens with zero attached hydrogens (tertiary/aromatic N) is 1. The summed E-state index contributed by atoms with van der Waals surface area (Å²) in [5.74, 6) is -1.33. The number of aryl methyl sites for hydroxylation is 2. The van der Waals surface area contributed by atoms with Gasteiger partial charge in [-0.2, -0.15) is 13.1 Å². The molecule has 1 saturated heterocycles. The van der Waals surface area contributed by atoms with Crippen LogP contribution in [0, 0.1) is 13.8 Å². The Labute approximate surface area is 144 Å². The van der Waals surface area contributed by atoms with Gasteiger partial charge in [0.2, 0.25) is 0 Å². The minimum atomic E-state index is -4.91. The average molecular weight is 375 g/mol. The topological polar surface area (TPSA) is 91.8 Å². The van der Waals surface area contributed by atoms with Crippen molar-refractivity contribution in [3.8, 4) is 0 Å². The fraction of sp³-hybridized carbons (Fsp3) is 0.500. The molecule has 1 aromatic rings. The van der Waals surface area contributed by atoms with Crippen molar-refractivity contribution in [2.45, 2.75) is 38.4 Å². The zero-order valence-corrected chi connectivity index (χ0v) is 14.7. The predicted octanol–water partition coefficient (Wildman–Crippen LogP) is 2.13. The van der Waals surface area contributed by atoms with Gasteiger partial charge in [0.1, 0.15) is 5.78 Å². The van der Waals surface area contributed by atoms with Crippen LogP contribution in [-0.2, 0) is 21.2 Å². The minimum Gasteiger partial charge on any atom is -0.478 e. The second-order valence-electron chi connectivity index (χ2n) is 6.15. The lowest BCUT2D eigenvalue weighted by molar-refractivity contribution is -0.120. The number of carboxylic acids is 1. The van der Waals surface area contributed by atoms with E-state index in [-0.39, 0.29) is 42.8 Å². The first kappa shape index (κ1) is 19.5. The van der Waals surface area contributed by atoms with Crippen molar-refractivity contribution in [3.63, 3.8) is 0 Å². The number of benzene rings is 1. The highest BCUT2D eigenvalue weighted by molar-refractivity contribution is 7.90. The van der Waals surface area contributed by atoms with Crippen LogP contribution in [0.25, 0.3) is 0 Å². The van der Waals surface area contributed by atoms with Crippen molar-refractivity contribution >= 4 is 21.8 Å². The number of aromatic carboxylic acids is 1. The molecule has 2 rings (SSSR count). The van der Waals surface area contributed by atoms with E-state index in [1.165, 1.54) is 26.0 Å². The third kappa shape index (κ3) is 3.87. The number of carbonyl (C=O) groups excluding carboxylic acids is 1. The summed E-state index contributed by atoms with van der Waals surface area (Å²) < 4.78 is 54.3. The van der Waals surface area contributed by atoms with Crippen LogP contribution in [0.15, 0.2) is 12.1 Å². The van der Waals surface area contributed by atoms with Gasteiger partial charge in [-0.15, -0.1) is 0 Å². The maximum Gasteiger partial charge on any atom is 0.363 e. The van der Waals surface area contributed by atoms with Crippen LogP contribution >= 0.6 is 0 Å². The number of carboxylic acid groups (broad SMARTS) is 1. The fourth-order valence-electron chi connectivity index (χ4n) is 2.86. The lowest BCUT2D eigenvalue weighted by atomic mass is 9.97. The van der Waals surface area contributed by atoms with Gasteiger partial charge in [0.05, 0.1) is 12.0 Å². The number of hydrogen-bond donors (Lipinski definition) is 1. The summed E-state index contributed by atoms with van der Waals surface area (Å²) in [5.41, 5.74) is 0.647. The SMILES string of the molecule is Cc1cc(C(=O)O)cc(C)c1CC(F)(F)S(=O)(=O)N1CCC(=O)CC1. The van der Waals surface area contributed by atoms with E-state index in [2.05, 4.69) is 0 Å². The van der Waals surface area contributed by atoms with E-state index in [0.717, 1.165) is 0 Å². The first-order valence-corrected chi connectivity index (χ1v) is 9.12. The Bertz CT molecular complexity index is 787. The summed E-state index contributed by atoms with van der Waals surface area (Å²) in [7, 11) is -4.91. The fourth-order valence-corrected chi connectivity index (χ4v) is 4.23. The minimum absolute atomic E-state index is 0.0422. The summed E-state index contributed by atoms with van der Waals surface area (Å²) in [4.78, 5) is 22.2. The number of sulfonamides is 1. The van der Waals surface area contributed by atoms with Gasteiger partial charge in [-0.25, -0.2) is 13.2 Å². The molecule has 1 aromatic carbocycles. The van der Waals surface area contributed by atoms with Crippen LogP contribution in [-0.4, -0.2) is 47.9 Å². The maximum absolute atomic E-state index is 14.6. The lowest BCUT2D eigenvalue weighted by Crippen LogP contribution is -2.47. The second-order valence-corrected chi connectivity index (χ2v) is 8.21. The normalized spacial score (nSPS) is 16.9. The van der Waals surface area contributed by atoms with E-state index < -0.39 is 27.7 Å². The molecule has 9 heteroatoms. The van der Waals surface area contributed by atoms with Crippen molar-refractivity contribution in [2.75, 3.05) is 13.1 Å². The largest absolute Gasteiger partial charge is 0.478 e. The number of alkyl halides is 2. The Kier molecular flexibility index (Phi) is 5.29. The van der Waals surface area contributed by atoms with Gasteiger partial charge in [0.25, 0.3) is 10.0 Å². The Morgan fingerprint density at radius 1 is 1.20 bits per heavy atom. The van der Waals surface area contributed by atoms with Crippen LogP contribution in [0.4, 0.5) is 8.78 Å². The number of hydrogen-bond acceptors (Lipinski definition) is 4. The molecule has 0 atom stereocenters. The zero-order chi connectivity index (χ0) is 19.0. The summed E-state index contributed by atoms with van der Waals surface area (Å²) >= 11 is 0. The summed E-state index contributed by atoms with van der Waals surface area (Å²) in [6.07, 6.45) is -1.18. The Balaban J connectivity index is 2.32. The molecule has 0 aromatic heterocycles. The third-order valence-corrected chi connectivity index (χ3v) is 6.27. The van der Waals surface area contributed by atoms with Crippen molar-refractivity contribution in [2.24, 2.45) is 0 Å². The van der Waals surface area contributed by atoms with Gasteiger partial charge in [0.15, 0.2) is 0 Å². The van der Waals surface area contributed by atoms with Gasteiger partial charge in [-0.1, -0.05) is 0 Å². The molecule has 0 radical (unpaired) electrons. The third-order valence-electron chi connectivity index (χ3n) is 4.32. The lowest BCUT2D eigenvalue weighted by Gasteiger charge is -2.30. The Hall–Kier alpha value is -1.87. The molecule has 1 heterocycles. The molecule has 1 N–H and O–H groups in total. The zero-order valence-electron chi connectivity index (χ0n) is 13.9. The summed E-state index contributed by atoms with van der Waals surface area (Å²) in [6.45, 7) is 2.45. The molecular weight excluding hydrogens is 356 g/mol. The molecule has 1 fully saturated rings. The smallest absolute Gasteiger partial charge is 0.363 e. The van der Waals surface area contributed by atoms with E-state index in [1.807, 2.05) is 0 Å². The molecule has 0 saturated carbocycles. The van der Waals surface area contributed by atoms with Gasteiger partial charge < -0.3 is 5.11 Å². The average Bonchev–Trinajstić information content (AvgIpc) is 2.50. The Morgan fingerprint density at radius 3 is 2.12 bits per heavy atom. The van der Waals surface area contributed by atoms with E-state index in [0.29, 0.717) is 15.4 Å². The molecule has 6 nitrogen and oxygen atoms in total. The van der Waals surface area contributed by atoms with Crippen molar-refractivity contribution in [3.05, 3.63) is 34.4 Å². The highest BCUT2D eigenvalue weighted by atomic mass is 32.2. The number of Topliss-reactive ketones (excluding diaryl/α,β-unsaturated/α-hetero) is 1. The molecule has 25 heavy (non-hydrogen) atoms. The summed E-state index contributed by atoms with van der Waals surface area (Å²) in [6, 6.07) is 2.49. The van der Waals surface area contributed by atoms with E-state index in [9.17, 15) is 26.8 Å². The first-order chi connectivity index (χ1) is 11.5. The molecule has 1 aliphatic heterocycles. The number of ketones is 1. The van der Waals surface area contributed by atoms with Crippen molar-refractivity contribution in [1.82, 2.24) is 4.31 Å². The molecule has 138 valence electrons. The molecule has 0 spiro atoms. The van der Waals surface area contributed by atoms with Gasteiger partial charge >= 0.3 is 11.2 Å². The molecular formula is C16H19F2NO5S. The van der Waals surface area contributed by atoms with Crippen LogP contribution in [0.3, 0.4) is 0 Å². The van der Waals surface area contributed by atoms with Crippen LogP contribution < -0.4 is 0 Å². The second kappa shape index (κ2) is 6.80. The highest BCUT2D eigenvalue weighted by Gasteiger charge is 2.49. The highest BCUT2D eigenvalue weighted by Crippen LogP contribution is 2.33. The van der Waals surface area contributed by atoms with Gasteiger partial charge in [-0.3, -0.25) is 4.79 Å². The number of piperidine rings is 1. The van der Waals surface area contributed by atoms with Crippen molar-refractivity contribution < 1.29 is 31.9 Å². The predicted molar refractivity (Wildman–Crippen MR) is 86.3 cm³/mol. The van der Waals surface area contributed by atoms with Crippen LogP contribution in [0.1, 0.15) is 39.9 Å². The van der Waals surface area contributed by atoms with E-state index in [1.54, 1.807) is 0 Å². The van der Waals surface area contributed by atoms with Gasteiger partial charge in [0, 0.05) is 25.9 Å². The molecule has 1 aliphatic rings. The molecule has 0 amide bonds. The molecule has 0 unspecified atom stereocenters. The van der Waals surface area contributed by atoms with E-state index in [4.69, 9.17) is 5.11 Å². The molecule has 0 bridgehead atoms. The van der Waals surface area contributed by atoms with Crippen LogP contribution in [0.5, 0.6) is 0 Å². The monoisotopic (exact) mass is 375 g/mol. The Morgan fingerprint density at radius 2 is 1.68 bits per heavy atom. The van der Waals surface area contributed by atoms with Crippen LogP contribution in [0.2, 0.25) is 0 Å². The maximum atomic E-state index is 14.6. The number of halogens is 2. The molecule has 0 aliphatic carbocycles. The standard InChI is InChI=1S/C16H19F2NO5S/c1-10-7-12(15(21)22)8-11(2)14(10)9-16(17,18)25(23,24)19-5-3-13(20)4-6-19/h7-8H,3-6,9H2,1-2H3,(H,21,22). The number of rotatable bonds is 5. The van der Waals surface area contributed by atoms with E-state index >= 15 is 0 Å². The summed E-state index contributed by atoms with van der Waals surface area (Å²) in [5, 5.41) is 4.95. The van der Waals surface area contributed by atoms with Gasteiger partial charge in [-0.05, 0) is 42.7 Å². The van der Waals surface area contributed by atoms with Crippen molar-refractivity contribution in [1.29, 1.82) is 0 Å². The quantitative estimate of drug-likeness (QED) is 0.851. The number of carbonyl (C=O) groups is 2. The first-order valence-electron chi connectivity index (χ1n) is 7.68.